The first-order valence-electron chi connectivity index (χ1n) is 8.91. The molecular weight excluding hydrogens is 426 g/mol. The summed E-state index contributed by atoms with van der Waals surface area (Å²) in [5, 5.41) is 3.30. The van der Waals surface area contributed by atoms with Crippen molar-refractivity contribution in [3.63, 3.8) is 0 Å². The summed E-state index contributed by atoms with van der Waals surface area (Å²) in [4.78, 5) is 17.0. The number of halogens is 1. The number of hydrogen-bond donors (Lipinski definition) is 1. The molecule has 2 aromatic carbocycles. The van der Waals surface area contributed by atoms with E-state index in [1.54, 1.807) is 12.1 Å². The van der Waals surface area contributed by atoms with Gasteiger partial charge in [0.15, 0.2) is 5.11 Å². The van der Waals surface area contributed by atoms with E-state index in [1.807, 2.05) is 36.1 Å². The summed E-state index contributed by atoms with van der Waals surface area (Å²) in [7, 11) is 0. The second-order valence-corrected chi connectivity index (χ2v) is 7.44. The van der Waals surface area contributed by atoms with Gasteiger partial charge in [-0.25, -0.2) is 0 Å². The maximum absolute atomic E-state index is 12.7. The number of rotatable bonds is 4. The SMILES string of the molecule is CCOc1ccc(Br)cc1C(=O)NC(=S)N1CCN(c2ccccc2)CC1. The number of carbonyl (C=O) groups is 1. The molecule has 0 atom stereocenters. The smallest absolute Gasteiger partial charge is 0.261 e. The normalized spacial score (nSPS) is 14.0. The minimum absolute atomic E-state index is 0.254. The predicted octanol–water partition coefficient (Wildman–Crippen LogP) is 3.68. The minimum Gasteiger partial charge on any atom is -0.493 e. The fourth-order valence-corrected chi connectivity index (χ4v) is 3.65. The van der Waals surface area contributed by atoms with Gasteiger partial charge < -0.3 is 14.5 Å². The molecule has 3 rings (SSSR count). The quantitative estimate of drug-likeness (QED) is 0.724. The third-order valence-electron chi connectivity index (χ3n) is 4.39. The van der Waals surface area contributed by atoms with Crippen molar-refractivity contribution in [1.29, 1.82) is 0 Å². The Hall–Kier alpha value is -2.12. The first-order chi connectivity index (χ1) is 13.1. The van der Waals surface area contributed by atoms with Crippen LogP contribution in [-0.2, 0) is 0 Å². The molecule has 0 unspecified atom stereocenters. The largest absolute Gasteiger partial charge is 0.493 e. The van der Waals surface area contributed by atoms with Crippen LogP contribution in [0.2, 0.25) is 0 Å². The van der Waals surface area contributed by atoms with Gasteiger partial charge in [0.1, 0.15) is 5.75 Å². The lowest BCUT2D eigenvalue weighted by molar-refractivity contribution is 0.0969. The molecule has 2 aromatic rings. The number of anilines is 1. The molecule has 27 heavy (non-hydrogen) atoms. The minimum atomic E-state index is -0.254. The summed E-state index contributed by atoms with van der Waals surface area (Å²) in [6.45, 7) is 5.65. The van der Waals surface area contributed by atoms with Crippen molar-refractivity contribution >= 4 is 44.9 Å². The van der Waals surface area contributed by atoms with Crippen LogP contribution in [0.25, 0.3) is 0 Å². The number of para-hydroxylation sites is 1. The zero-order chi connectivity index (χ0) is 19.2. The van der Waals surface area contributed by atoms with Crippen molar-refractivity contribution in [1.82, 2.24) is 10.2 Å². The van der Waals surface area contributed by atoms with Gasteiger partial charge in [0.2, 0.25) is 0 Å². The molecule has 7 heteroatoms. The van der Waals surface area contributed by atoms with Gasteiger partial charge in [0, 0.05) is 36.3 Å². The standard InChI is InChI=1S/C20H22BrN3O2S/c1-2-26-18-9-8-15(21)14-17(18)19(25)22-20(27)24-12-10-23(11-13-24)16-6-4-3-5-7-16/h3-9,14H,2,10-13H2,1H3,(H,22,25,27). The summed E-state index contributed by atoms with van der Waals surface area (Å²) in [5.41, 5.74) is 1.68. The van der Waals surface area contributed by atoms with Crippen LogP contribution in [0.5, 0.6) is 5.75 Å². The summed E-state index contributed by atoms with van der Waals surface area (Å²) >= 11 is 8.87. The Morgan fingerprint density at radius 3 is 2.52 bits per heavy atom. The topological polar surface area (TPSA) is 44.8 Å². The molecule has 1 N–H and O–H groups in total. The van der Waals surface area contributed by atoms with Crippen LogP contribution >= 0.6 is 28.1 Å². The van der Waals surface area contributed by atoms with Crippen molar-refractivity contribution in [3.05, 3.63) is 58.6 Å². The number of benzene rings is 2. The van der Waals surface area contributed by atoms with Crippen molar-refractivity contribution in [2.75, 3.05) is 37.7 Å². The fraction of sp³-hybridized carbons (Fsp3) is 0.300. The van der Waals surface area contributed by atoms with Crippen molar-refractivity contribution < 1.29 is 9.53 Å². The van der Waals surface area contributed by atoms with E-state index < -0.39 is 0 Å². The van der Waals surface area contributed by atoms with Gasteiger partial charge in [-0.2, -0.15) is 0 Å². The Morgan fingerprint density at radius 2 is 1.85 bits per heavy atom. The van der Waals surface area contributed by atoms with Gasteiger partial charge in [-0.05, 0) is 49.5 Å². The zero-order valence-corrected chi connectivity index (χ0v) is 17.6. The van der Waals surface area contributed by atoms with Crippen molar-refractivity contribution in [3.8, 4) is 5.75 Å². The van der Waals surface area contributed by atoms with Gasteiger partial charge in [-0.15, -0.1) is 0 Å². The zero-order valence-electron chi connectivity index (χ0n) is 15.2. The molecule has 0 radical (unpaired) electrons. The first-order valence-corrected chi connectivity index (χ1v) is 10.1. The molecule has 142 valence electrons. The molecule has 0 saturated carbocycles. The average Bonchev–Trinajstić information content (AvgIpc) is 2.70. The third-order valence-corrected chi connectivity index (χ3v) is 5.25. The molecule has 1 fully saturated rings. The highest BCUT2D eigenvalue weighted by atomic mass is 79.9. The van der Waals surface area contributed by atoms with Gasteiger partial charge in [-0.3, -0.25) is 10.1 Å². The monoisotopic (exact) mass is 447 g/mol. The number of ether oxygens (including phenoxy) is 1. The highest BCUT2D eigenvalue weighted by Crippen LogP contribution is 2.23. The molecule has 1 amide bonds. The van der Waals surface area contributed by atoms with E-state index in [-0.39, 0.29) is 5.91 Å². The lowest BCUT2D eigenvalue weighted by Crippen LogP contribution is -2.52. The predicted molar refractivity (Wildman–Crippen MR) is 116 cm³/mol. The van der Waals surface area contributed by atoms with Gasteiger partial charge in [0.25, 0.3) is 5.91 Å². The molecule has 0 aliphatic carbocycles. The molecule has 0 spiro atoms. The molecule has 1 aliphatic rings. The van der Waals surface area contributed by atoms with Crippen molar-refractivity contribution in [2.24, 2.45) is 0 Å². The van der Waals surface area contributed by atoms with Crippen LogP contribution in [0.15, 0.2) is 53.0 Å². The fourth-order valence-electron chi connectivity index (χ4n) is 3.01. The Balaban J connectivity index is 1.60. The molecule has 1 heterocycles. The number of nitrogens with zero attached hydrogens (tertiary/aromatic N) is 2. The van der Waals surface area contributed by atoms with Gasteiger partial charge >= 0.3 is 0 Å². The second kappa shape index (κ2) is 9.19. The van der Waals surface area contributed by atoms with E-state index in [9.17, 15) is 4.79 Å². The number of amides is 1. The van der Waals surface area contributed by atoms with E-state index in [1.165, 1.54) is 5.69 Å². The number of thiocarbonyl (C=S) groups is 1. The van der Waals surface area contributed by atoms with Crippen LogP contribution in [0.1, 0.15) is 17.3 Å². The maximum Gasteiger partial charge on any atom is 0.261 e. The molecule has 0 aromatic heterocycles. The maximum atomic E-state index is 12.7. The Kier molecular flexibility index (Phi) is 6.68. The first kappa shape index (κ1) is 19.6. The van der Waals surface area contributed by atoms with Gasteiger partial charge in [-0.1, -0.05) is 34.1 Å². The van der Waals surface area contributed by atoms with Crippen molar-refractivity contribution in [2.45, 2.75) is 6.92 Å². The Morgan fingerprint density at radius 1 is 1.15 bits per heavy atom. The number of piperazine rings is 1. The summed E-state index contributed by atoms with van der Waals surface area (Å²) in [6.07, 6.45) is 0. The summed E-state index contributed by atoms with van der Waals surface area (Å²) in [6, 6.07) is 15.7. The Bertz CT molecular complexity index is 808. The Labute approximate surface area is 173 Å². The molecule has 1 aliphatic heterocycles. The van der Waals surface area contributed by atoms with E-state index in [0.717, 1.165) is 30.7 Å². The molecular formula is C20H22BrN3O2S. The molecule has 5 nitrogen and oxygen atoms in total. The number of hydrogen-bond acceptors (Lipinski definition) is 4. The lowest BCUT2D eigenvalue weighted by atomic mass is 10.2. The van der Waals surface area contributed by atoms with Crippen LogP contribution in [0.4, 0.5) is 5.69 Å². The van der Waals surface area contributed by atoms with E-state index in [4.69, 9.17) is 17.0 Å². The third kappa shape index (κ3) is 4.99. The molecule has 1 saturated heterocycles. The summed E-state index contributed by atoms with van der Waals surface area (Å²) in [5.74, 6) is 0.296. The number of carbonyl (C=O) groups excluding carboxylic acids is 1. The number of nitrogens with one attached hydrogen (secondary N) is 1. The van der Waals surface area contributed by atoms with E-state index in [0.29, 0.717) is 23.0 Å². The highest BCUT2D eigenvalue weighted by Gasteiger charge is 2.22. The lowest BCUT2D eigenvalue weighted by Gasteiger charge is -2.37. The van der Waals surface area contributed by atoms with E-state index >= 15 is 0 Å². The average molecular weight is 448 g/mol. The van der Waals surface area contributed by atoms with Gasteiger partial charge in [0.05, 0.1) is 12.2 Å². The highest BCUT2D eigenvalue weighted by molar-refractivity contribution is 9.10. The van der Waals surface area contributed by atoms with Crippen LogP contribution in [-0.4, -0.2) is 48.7 Å². The van der Waals surface area contributed by atoms with Crippen LogP contribution < -0.4 is 15.0 Å². The summed E-state index contributed by atoms with van der Waals surface area (Å²) < 4.78 is 6.38. The second-order valence-electron chi connectivity index (χ2n) is 6.14. The van der Waals surface area contributed by atoms with E-state index in [2.05, 4.69) is 38.3 Å². The molecule has 0 bridgehead atoms. The van der Waals surface area contributed by atoms with Crippen LogP contribution in [0.3, 0.4) is 0 Å². The van der Waals surface area contributed by atoms with Crippen LogP contribution in [0, 0.1) is 0 Å².